The summed E-state index contributed by atoms with van der Waals surface area (Å²) in [5, 5.41) is 4.12. The van der Waals surface area contributed by atoms with Crippen LogP contribution in [0.4, 0.5) is 4.39 Å². The third-order valence-electron chi connectivity index (χ3n) is 4.10. The number of ether oxygens (including phenoxy) is 1. The lowest BCUT2D eigenvalue weighted by atomic mass is 9.98. The van der Waals surface area contributed by atoms with Crippen molar-refractivity contribution in [2.75, 3.05) is 0 Å². The Bertz CT molecular complexity index is 947. The quantitative estimate of drug-likeness (QED) is 0.512. The van der Waals surface area contributed by atoms with E-state index in [0.717, 1.165) is 16.7 Å². The highest BCUT2D eigenvalue weighted by Gasteiger charge is 2.21. The van der Waals surface area contributed by atoms with Crippen molar-refractivity contribution >= 4 is 11.7 Å². The fraction of sp³-hybridized carbons (Fsp3) is 0.0476. The molecule has 0 aromatic heterocycles. The first-order chi connectivity index (χ1) is 12.7. The Balaban J connectivity index is 1.73. The molecule has 0 spiro atoms. The maximum absolute atomic E-state index is 13.0. The summed E-state index contributed by atoms with van der Waals surface area (Å²) in [5.74, 6) is -0.408. The molecule has 0 radical (unpaired) electrons. The van der Waals surface area contributed by atoms with E-state index in [9.17, 15) is 9.18 Å². The largest absolute Gasteiger partial charge is 0.488 e. The molecule has 0 N–H and O–H groups in total. The van der Waals surface area contributed by atoms with Crippen LogP contribution in [-0.4, -0.2) is 11.7 Å². The van der Waals surface area contributed by atoms with Gasteiger partial charge in [0.15, 0.2) is 0 Å². The number of rotatable bonds is 2. The predicted octanol–water partition coefficient (Wildman–Crippen LogP) is 4.33. The van der Waals surface area contributed by atoms with Gasteiger partial charge in [0.2, 0.25) is 0 Å². The lowest BCUT2D eigenvalue weighted by molar-refractivity contribution is 0.0517. The Morgan fingerprint density at radius 2 is 1.62 bits per heavy atom. The molecule has 128 valence electrons. The average Bonchev–Trinajstić information content (AvgIpc) is 2.84. The van der Waals surface area contributed by atoms with Crippen LogP contribution in [0.5, 0.6) is 5.75 Å². The van der Waals surface area contributed by atoms with Crippen molar-refractivity contribution in [3.8, 4) is 5.75 Å². The number of para-hydroxylation sites is 1. The molecule has 0 fully saturated rings. The van der Waals surface area contributed by atoms with Gasteiger partial charge in [0.1, 0.15) is 23.9 Å². The number of carbonyl (C=O) groups excluding carboxylic acids is 1. The molecule has 1 heterocycles. The molecule has 26 heavy (non-hydrogen) atoms. The van der Waals surface area contributed by atoms with E-state index in [1.807, 2.05) is 48.5 Å². The van der Waals surface area contributed by atoms with E-state index in [4.69, 9.17) is 9.57 Å². The topological polar surface area (TPSA) is 47.9 Å². The summed E-state index contributed by atoms with van der Waals surface area (Å²) in [5.41, 5.74) is 3.26. The SMILES string of the molecule is O=C(O/N=C1/c2ccccc2COc2ccccc21)c1ccc(F)cc1. The molecule has 3 aromatic rings. The summed E-state index contributed by atoms with van der Waals surface area (Å²) in [6.45, 7) is 0.401. The zero-order chi connectivity index (χ0) is 17.9. The number of nitrogens with zero attached hydrogens (tertiary/aromatic N) is 1. The molecule has 0 saturated carbocycles. The van der Waals surface area contributed by atoms with Crippen molar-refractivity contribution in [3.05, 3.63) is 101 Å². The van der Waals surface area contributed by atoms with Crippen molar-refractivity contribution in [1.82, 2.24) is 0 Å². The Hall–Kier alpha value is -3.47. The highest BCUT2D eigenvalue weighted by molar-refractivity contribution is 6.15. The minimum absolute atomic E-state index is 0.224. The van der Waals surface area contributed by atoms with Gasteiger partial charge in [-0.2, -0.15) is 0 Å². The molecule has 0 bridgehead atoms. The highest BCUT2D eigenvalue weighted by atomic mass is 19.1. The van der Waals surface area contributed by atoms with Gasteiger partial charge in [-0.3, -0.25) is 0 Å². The van der Waals surface area contributed by atoms with Crippen LogP contribution in [0.25, 0.3) is 0 Å². The van der Waals surface area contributed by atoms with E-state index >= 15 is 0 Å². The first kappa shape index (κ1) is 16.0. The van der Waals surface area contributed by atoms with Gasteiger partial charge in [-0.15, -0.1) is 0 Å². The molecule has 0 saturated heterocycles. The van der Waals surface area contributed by atoms with E-state index in [1.54, 1.807) is 0 Å². The summed E-state index contributed by atoms with van der Waals surface area (Å²) in [4.78, 5) is 17.4. The molecule has 0 amide bonds. The van der Waals surface area contributed by atoms with Crippen molar-refractivity contribution < 1.29 is 18.8 Å². The Labute approximate surface area is 149 Å². The number of hydrogen-bond acceptors (Lipinski definition) is 4. The number of halogens is 1. The highest BCUT2D eigenvalue weighted by Crippen LogP contribution is 2.28. The summed E-state index contributed by atoms with van der Waals surface area (Å²) < 4.78 is 18.9. The minimum atomic E-state index is -0.655. The number of carbonyl (C=O) groups is 1. The Morgan fingerprint density at radius 3 is 2.42 bits per heavy atom. The van der Waals surface area contributed by atoms with Gasteiger partial charge in [0.05, 0.1) is 5.56 Å². The van der Waals surface area contributed by atoms with E-state index in [-0.39, 0.29) is 5.56 Å². The van der Waals surface area contributed by atoms with Crippen molar-refractivity contribution in [3.63, 3.8) is 0 Å². The maximum atomic E-state index is 13.0. The monoisotopic (exact) mass is 347 g/mol. The fourth-order valence-corrected chi connectivity index (χ4v) is 2.79. The van der Waals surface area contributed by atoms with Gasteiger partial charge >= 0.3 is 5.97 Å². The lowest BCUT2D eigenvalue weighted by Gasteiger charge is -2.08. The van der Waals surface area contributed by atoms with Crippen LogP contribution in [0.3, 0.4) is 0 Å². The summed E-state index contributed by atoms with van der Waals surface area (Å²) in [6.07, 6.45) is 0. The maximum Gasteiger partial charge on any atom is 0.365 e. The fourth-order valence-electron chi connectivity index (χ4n) is 2.79. The molecule has 1 aliphatic heterocycles. The number of fused-ring (bicyclic) bond motifs is 2. The van der Waals surface area contributed by atoms with Crippen molar-refractivity contribution in [2.45, 2.75) is 6.61 Å². The van der Waals surface area contributed by atoms with Gasteiger partial charge in [-0.05, 0) is 42.0 Å². The van der Waals surface area contributed by atoms with E-state index in [1.165, 1.54) is 24.3 Å². The van der Waals surface area contributed by atoms with Crippen LogP contribution in [0.2, 0.25) is 0 Å². The smallest absolute Gasteiger partial charge is 0.365 e. The first-order valence-electron chi connectivity index (χ1n) is 8.08. The summed E-state index contributed by atoms with van der Waals surface area (Å²) >= 11 is 0. The van der Waals surface area contributed by atoms with Crippen molar-refractivity contribution in [1.29, 1.82) is 0 Å². The van der Waals surface area contributed by atoms with Gasteiger partial charge in [-0.25, -0.2) is 9.18 Å². The predicted molar refractivity (Wildman–Crippen MR) is 94.7 cm³/mol. The van der Waals surface area contributed by atoms with Crippen LogP contribution in [0, 0.1) is 5.82 Å². The molecule has 1 aliphatic rings. The van der Waals surface area contributed by atoms with E-state index < -0.39 is 11.8 Å². The van der Waals surface area contributed by atoms with Gasteiger partial charge in [0.25, 0.3) is 0 Å². The zero-order valence-electron chi connectivity index (χ0n) is 13.7. The summed E-state index contributed by atoms with van der Waals surface area (Å²) in [7, 11) is 0. The molecular weight excluding hydrogens is 333 g/mol. The molecule has 0 unspecified atom stereocenters. The molecule has 5 heteroatoms. The molecule has 4 nitrogen and oxygen atoms in total. The second-order valence-corrected chi connectivity index (χ2v) is 5.77. The van der Waals surface area contributed by atoms with Crippen LogP contribution < -0.4 is 4.74 Å². The van der Waals surface area contributed by atoms with Crippen LogP contribution >= 0.6 is 0 Å². The van der Waals surface area contributed by atoms with E-state index in [2.05, 4.69) is 5.16 Å². The van der Waals surface area contributed by atoms with Gasteiger partial charge in [0, 0.05) is 11.1 Å². The standard InChI is InChI=1S/C21H14FNO3/c22-16-11-9-14(10-12-16)21(24)26-23-20-17-6-2-1-5-15(17)13-25-19-8-4-3-7-18(19)20/h1-12H,13H2/b23-20-. The second-order valence-electron chi connectivity index (χ2n) is 5.77. The summed E-state index contributed by atoms with van der Waals surface area (Å²) in [6, 6.07) is 20.2. The molecule has 0 atom stereocenters. The number of benzene rings is 3. The minimum Gasteiger partial charge on any atom is -0.488 e. The normalized spacial score (nSPS) is 14.0. The van der Waals surface area contributed by atoms with E-state index in [0.29, 0.717) is 18.1 Å². The first-order valence-corrected chi connectivity index (χ1v) is 8.08. The van der Waals surface area contributed by atoms with Gasteiger partial charge < -0.3 is 9.57 Å². The number of hydrogen-bond donors (Lipinski definition) is 0. The average molecular weight is 347 g/mol. The molecule has 4 rings (SSSR count). The molecular formula is C21H14FNO3. The number of oxime groups is 1. The van der Waals surface area contributed by atoms with Crippen molar-refractivity contribution in [2.24, 2.45) is 5.16 Å². The zero-order valence-corrected chi connectivity index (χ0v) is 13.7. The third kappa shape index (κ3) is 3.07. The lowest BCUT2D eigenvalue weighted by Crippen LogP contribution is -2.08. The third-order valence-corrected chi connectivity index (χ3v) is 4.10. The second kappa shape index (κ2) is 6.80. The Kier molecular flexibility index (Phi) is 4.19. The van der Waals surface area contributed by atoms with Gasteiger partial charge in [-0.1, -0.05) is 41.6 Å². The molecule has 0 aliphatic carbocycles. The Morgan fingerprint density at radius 1 is 0.923 bits per heavy atom. The molecule has 3 aromatic carbocycles. The van der Waals surface area contributed by atoms with Crippen LogP contribution in [-0.2, 0) is 11.4 Å². The van der Waals surface area contributed by atoms with Crippen LogP contribution in [0.15, 0.2) is 78.0 Å². The van der Waals surface area contributed by atoms with Crippen LogP contribution in [0.1, 0.15) is 27.0 Å².